The fourth-order valence-electron chi connectivity index (χ4n) is 0.690. The van der Waals surface area contributed by atoms with E-state index in [9.17, 15) is 0 Å². The molecule has 0 aromatic carbocycles. The third kappa shape index (κ3) is 3.22. The molecule has 1 N–H and O–H groups in total. The van der Waals surface area contributed by atoms with Gasteiger partial charge in [-0.2, -0.15) is 0 Å². The number of thiazole rings is 1. The third-order valence-electron chi connectivity index (χ3n) is 1.19. The van der Waals surface area contributed by atoms with Crippen molar-refractivity contribution in [1.82, 2.24) is 10.3 Å². The van der Waals surface area contributed by atoms with E-state index in [1.54, 1.807) is 6.20 Å². The van der Waals surface area contributed by atoms with E-state index < -0.39 is 0 Å². The molecule has 12 heavy (non-hydrogen) atoms. The lowest BCUT2D eigenvalue weighted by molar-refractivity contribution is 0.764. The van der Waals surface area contributed by atoms with Crippen molar-refractivity contribution < 1.29 is 0 Å². The van der Waals surface area contributed by atoms with Gasteiger partial charge < -0.3 is 0 Å². The first-order valence-electron chi connectivity index (χ1n) is 3.53. The third-order valence-corrected chi connectivity index (χ3v) is 2.31. The maximum Gasteiger partial charge on any atom is 0.113 e. The SMILES string of the molecule is CC#CCNCc1ncc(Cl)s1. The monoisotopic (exact) mass is 200 g/mol. The Bertz CT molecular complexity index is 297. The van der Waals surface area contributed by atoms with Gasteiger partial charge in [0.05, 0.1) is 12.7 Å². The van der Waals surface area contributed by atoms with Gasteiger partial charge in [-0.25, -0.2) is 4.98 Å². The van der Waals surface area contributed by atoms with E-state index in [0.717, 1.165) is 15.9 Å². The van der Waals surface area contributed by atoms with E-state index >= 15 is 0 Å². The zero-order valence-corrected chi connectivity index (χ0v) is 8.30. The van der Waals surface area contributed by atoms with E-state index in [-0.39, 0.29) is 0 Å². The molecule has 0 aliphatic rings. The predicted octanol–water partition coefficient (Wildman–Crippen LogP) is 1.91. The Morgan fingerprint density at radius 2 is 2.58 bits per heavy atom. The number of nitrogens with one attached hydrogen (secondary N) is 1. The molecule has 0 unspecified atom stereocenters. The second-order valence-electron chi connectivity index (χ2n) is 2.09. The quantitative estimate of drug-likeness (QED) is 0.596. The maximum absolute atomic E-state index is 5.70. The number of hydrogen-bond donors (Lipinski definition) is 1. The number of hydrogen-bond acceptors (Lipinski definition) is 3. The summed E-state index contributed by atoms with van der Waals surface area (Å²) in [6.45, 7) is 3.27. The molecule has 0 radical (unpaired) electrons. The van der Waals surface area contributed by atoms with Gasteiger partial charge in [-0.05, 0) is 6.92 Å². The zero-order chi connectivity index (χ0) is 8.81. The van der Waals surface area contributed by atoms with Crippen LogP contribution in [-0.2, 0) is 6.54 Å². The fourth-order valence-corrected chi connectivity index (χ4v) is 1.62. The highest BCUT2D eigenvalue weighted by Crippen LogP contribution is 2.17. The lowest BCUT2D eigenvalue weighted by atomic mass is 10.5. The molecule has 0 atom stereocenters. The van der Waals surface area contributed by atoms with Crippen LogP contribution in [0.1, 0.15) is 11.9 Å². The van der Waals surface area contributed by atoms with Crippen molar-refractivity contribution in [3.63, 3.8) is 0 Å². The van der Waals surface area contributed by atoms with Crippen molar-refractivity contribution in [2.45, 2.75) is 13.5 Å². The zero-order valence-electron chi connectivity index (χ0n) is 6.72. The largest absolute Gasteiger partial charge is 0.300 e. The molecule has 1 aromatic heterocycles. The van der Waals surface area contributed by atoms with E-state index in [1.807, 2.05) is 6.92 Å². The topological polar surface area (TPSA) is 24.9 Å². The van der Waals surface area contributed by atoms with Crippen LogP contribution in [0.5, 0.6) is 0 Å². The van der Waals surface area contributed by atoms with E-state index in [4.69, 9.17) is 11.6 Å². The molecule has 0 bridgehead atoms. The van der Waals surface area contributed by atoms with Crippen LogP contribution < -0.4 is 5.32 Å². The molecule has 0 saturated heterocycles. The van der Waals surface area contributed by atoms with Crippen LogP contribution in [0.2, 0.25) is 4.34 Å². The summed E-state index contributed by atoms with van der Waals surface area (Å²) in [5.74, 6) is 5.71. The minimum atomic E-state index is 0.702. The molecule has 4 heteroatoms. The first-order valence-corrected chi connectivity index (χ1v) is 4.73. The Balaban J connectivity index is 2.27. The Hall–Kier alpha value is -0.560. The van der Waals surface area contributed by atoms with Gasteiger partial charge in [0.25, 0.3) is 0 Å². The van der Waals surface area contributed by atoms with Gasteiger partial charge in [-0.1, -0.05) is 17.5 Å². The molecule has 0 saturated carbocycles. The van der Waals surface area contributed by atoms with Gasteiger partial charge in [0.1, 0.15) is 9.34 Å². The normalized spacial score (nSPS) is 9.17. The highest BCUT2D eigenvalue weighted by Gasteiger charge is 1.97. The van der Waals surface area contributed by atoms with E-state index in [2.05, 4.69) is 22.1 Å². The van der Waals surface area contributed by atoms with Crippen molar-refractivity contribution in [3.8, 4) is 11.8 Å². The molecule has 2 nitrogen and oxygen atoms in total. The summed E-state index contributed by atoms with van der Waals surface area (Å²) in [5.41, 5.74) is 0. The number of aromatic nitrogens is 1. The van der Waals surface area contributed by atoms with Crippen LogP contribution in [0.4, 0.5) is 0 Å². The first kappa shape index (κ1) is 9.53. The summed E-state index contributed by atoms with van der Waals surface area (Å²) >= 11 is 7.19. The number of halogens is 1. The van der Waals surface area contributed by atoms with Crippen molar-refractivity contribution in [2.24, 2.45) is 0 Å². The summed E-state index contributed by atoms with van der Waals surface area (Å²) in [4.78, 5) is 4.09. The Labute approximate surface area is 81.0 Å². The summed E-state index contributed by atoms with van der Waals surface area (Å²) < 4.78 is 0.730. The molecule has 1 heterocycles. The Kier molecular flexibility index (Phi) is 4.09. The van der Waals surface area contributed by atoms with Gasteiger partial charge in [0.2, 0.25) is 0 Å². The molecular weight excluding hydrogens is 192 g/mol. The van der Waals surface area contributed by atoms with Gasteiger partial charge in [-0.15, -0.1) is 17.3 Å². The van der Waals surface area contributed by atoms with Gasteiger partial charge >= 0.3 is 0 Å². The highest BCUT2D eigenvalue weighted by atomic mass is 35.5. The van der Waals surface area contributed by atoms with Crippen molar-refractivity contribution >= 4 is 22.9 Å². The predicted molar refractivity (Wildman–Crippen MR) is 52.3 cm³/mol. The van der Waals surface area contributed by atoms with Crippen LogP contribution in [0.15, 0.2) is 6.20 Å². The van der Waals surface area contributed by atoms with Crippen molar-refractivity contribution in [2.75, 3.05) is 6.54 Å². The standard InChI is InChI=1S/C8H9ClN2S/c1-2-3-4-10-6-8-11-5-7(9)12-8/h5,10H,4,6H2,1H3. The average molecular weight is 201 g/mol. The summed E-state index contributed by atoms with van der Waals surface area (Å²) in [6, 6.07) is 0. The number of rotatable bonds is 3. The van der Waals surface area contributed by atoms with Crippen LogP contribution in [0.3, 0.4) is 0 Å². The second kappa shape index (κ2) is 5.15. The fraction of sp³-hybridized carbons (Fsp3) is 0.375. The number of nitrogens with zero attached hydrogens (tertiary/aromatic N) is 1. The molecule has 0 aliphatic carbocycles. The Morgan fingerprint density at radius 3 is 3.17 bits per heavy atom. The van der Waals surface area contributed by atoms with Crippen molar-refractivity contribution in [1.29, 1.82) is 0 Å². The van der Waals surface area contributed by atoms with Crippen LogP contribution >= 0.6 is 22.9 Å². The first-order chi connectivity index (χ1) is 5.83. The average Bonchev–Trinajstić information content (AvgIpc) is 2.45. The molecule has 0 fully saturated rings. The van der Waals surface area contributed by atoms with Gasteiger partial charge in [-0.3, -0.25) is 5.32 Å². The van der Waals surface area contributed by atoms with Gasteiger partial charge in [0, 0.05) is 6.54 Å². The summed E-state index contributed by atoms with van der Waals surface area (Å²) in [7, 11) is 0. The van der Waals surface area contributed by atoms with Crippen LogP contribution in [-0.4, -0.2) is 11.5 Å². The minimum absolute atomic E-state index is 0.702. The summed E-state index contributed by atoms with van der Waals surface area (Å²) in [6.07, 6.45) is 1.66. The lowest BCUT2D eigenvalue weighted by Gasteiger charge is -1.93. The van der Waals surface area contributed by atoms with Crippen LogP contribution in [0.25, 0.3) is 0 Å². The highest BCUT2D eigenvalue weighted by molar-refractivity contribution is 7.15. The summed E-state index contributed by atoms with van der Waals surface area (Å²) in [5, 5.41) is 4.13. The molecule has 0 amide bonds. The Morgan fingerprint density at radius 1 is 1.75 bits per heavy atom. The molecule has 1 aromatic rings. The van der Waals surface area contributed by atoms with E-state index in [1.165, 1.54) is 11.3 Å². The molecular formula is C8H9ClN2S. The maximum atomic E-state index is 5.70. The molecule has 0 spiro atoms. The molecule has 1 rings (SSSR count). The smallest absolute Gasteiger partial charge is 0.113 e. The molecule has 0 aliphatic heterocycles. The van der Waals surface area contributed by atoms with Gasteiger partial charge in [0.15, 0.2) is 0 Å². The van der Waals surface area contributed by atoms with Crippen molar-refractivity contribution in [3.05, 3.63) is 15.5 Å². The van der Waals surface area contributed by atoms with E-state index in [0.29, 0.717) is 6.54 Å². The molecule has 64 valence electrons. The minimum Gasteiger partial charge on any atom is -0.300 e. The second-order valence-corrected chi connectivity index (χ2v) is 3.83. The lowest BCUT2D eigenvalue weighted by Crippen LogP contribution is -2.12. The van der Waals surface area contributed by atoms with Crippen LogP contribution in [0, 0.1) is 11.8 Å².